The Morgan fingerprint density at radius 3 is 2.75 bits per heavy atom. The molecule has 2 rings (SSSR count). The van der Waals surface area contributed by atoms with Crippen LogP contribution in [0.3, 0.4) is 0 Å². The molecule has 0 amide bonds. The second-order valence-electron chi connectivity index (χ2n) is 4.36. The van der Waals surface area contributed by atoms with E-state index in [0.29, 0.717) is 12.6 Å². The lowest BCUT2D eigenvalue weighted by molar-refractivity contribution is 0.233. The zero-order valence-electron chi connectivity index (χ0n) is 9.93. The second-order valence-corrected chi connectivity index (χ2v) is 4.36. The highest BCUT2D eigenvalue weighted by atomic mass is 15.3. The molecule has 5 nitrogen and oxygen atoms in total. The van der Waals surface area contributed by atoms with Crippen molar-refractivity contribution in [3.63, 3.8) is 0 Å². The first kappa shape index (κ1) is 11.3. The van der Waals surface area contributed by atoms with Crippen LogP contribution in [0.5, 0.6) is 0 Å². The minimum Gasteiger partial charge on any atom is -0.352 e. The molecule has 1 aliphatic heterocycles. The topological polar surface area (TPSA) is 58.3 Å². The third-order valence-corrected chi connectivity index (χ3v) is 3.20. The number of anilines is 1. The Morgan fingerprint density at radius 1 is 1.38 bits per heavy atom. The van der Waals surface area contributed by atoms with Crippen LogP contribution >= 0.6 is 0 Å². The first-order chi connectivity index (χ1) is 7.70. The first-order valence-corrected chi connectivity index (χ1v) is 5.68. The van der Waals surface area contributed by atoms with E-state index in [0.717, 1.165) is 31.1 Å². The zero-order valence-corrected chi connectivity index (χ0v) is 9.93. The molecule has 1 fully saturated rings. The molecular weight excluding hydrogens is 202 g/mol. The summed E-state index contributed by atoms with van der Waals surface area (Å²) in [5, 5.41) is 8.30. The summed E-state index contributed by atoms with van der Waals surface area (Å²) in [4.78, 5) is 4.64. The van der Waals surface area contributed by atoms with Crippen LogP contribution in [0.15, 0.2) is 12.1 Å². The summed E-state index contributed by atoms with van der Waals surface area (Å²) in [7, 11) is 2.16. The fourth-order valence-corrected chi connectivity index (χ4v) is 1.89. The summed E-state index contributed by atoms with van der Waals surface area (Å²) < 4.78 is 0. The summed E-state index contributed by atoms with van der Waals surface area (Å²) in [6.45, 7) is 5.77. The Labute approximate surface area is 96.2 Å². The third-order valence-electron chi connectivity index (χ3n) is 3.20. The van der Waals surface area contributed by atoms with Crippen molar-refractivity contribution >= 4 is 5.82 Å². The first-order valence-electron chi connectivity index (χ1n) is 5.68. The van der Waals surface area contributed by atoms with Crippen LogP contribution < -0.4 is 10.6 Å². The van der Waals surface area contributed by atoms with Crippen LogP contribution in [-0.2, 0) is 6.54 Å². The van der Waals surface area contributed by atoms with E-state index >= 15 is 0 Å². The molecule has 1 aromatic rings. The maximum absolute atomic E-state index is 5.50. The summed E-state index contributed by atoms with van der Waals surface area (Å²) in [6, 6.07) is 4.52. The summed E-state index contributed by atoms with van der Waals surface area (Å²) in [6.07, 6.45) is 0. The Balaban J connectivity index is 2.06. The molecule has 0 spiro atoms. The lowest BCUT2D eigenvalue weighted by Crippen LogP contribution is -2.50. The molecule has 1 saturated heterocycles. The molecular formula is C11H19N5. The number of rotatable bonds is 2. The zero-order chi connectivity index (χ0) is 11.5. The van der Waals surface area contributed by atoms with E-state index in [1.807, 2.05) is 12.1 Å². The lowest BCUT2D eigenvalue weighted by atomic mass is 10.2. The minimum atomic E-state index is 0.451. The van der Waals surface area contributed by atoms with Gasteiger partial charge < -0.3 is 15.5 Å². The maximum Gasteiger partial charge on any atom is 0.151 e. The number of hydrogen-bond acceptors (Lipinski definition) is 5. The average Bonchev–Trinajstić information content (AvgIpc) is 2.33. The van der Waals surface area contributed by atoms with E-state index in [1.165, 1.54) is 0 Å². The van der Waals surface area contributed by atoms with E-state index in [1.54, 1.807) is 0 Å². The van der Waals surface area contributed by atoms with E-state index in [4.69, 9.17) is 5.73 Å². The lowest BCUT2D eigenvalue weighted by Gasteiger charge is -2.38. The van der Waals surface area contributed by atoms with Gasteiger partial charge in [0.1, 0.15) is 0 Å². The highest BCUT2D eigenvalue weighted by molar-refractivity contribution is 5.38. The smallest absolute Gasteiger partial charge is 0.151 e. The Bertz CT molecular complexity index is 337. The maximum atomic E-state index is 5.50. The van der Waals surface area contributed by atoms with Gasteiger partial charge in [0.25, 0.3) is 0 Å². The van der Waals surface area contributed by atoms with Gasteiger partial charge in [0.05, 0.1) is 5.69 Å². The minimum absolute atomic E-state index is 0.451. The number of nitrogens with two attached hydrogens (primary N) is 1. The number of piperazine rings is 1. The fraction of sp³-hybridized carbons (Fsp3) is 0.636. The van der Waals surface area contributed by atoms with Crippen LogP contribution in [0.25, 0.3) is 0 Å². The van der Waals surface area contributed by atoms with Crippen LogP contribution in [0, 0.1) is 0 Å². The second kappa shape index (κ2) is 4.76. The molecule has 0 bridgehead atoms. The van der Waals surface area contributed by atoms with Gasteiger partial charge in [-0.1, -0.05) is 0 Å². The van der Waals surface area contributed by atoms with Crippen molar-refractivity contribution in [1.82, 2.24) is 15.1 Å². The highest BCUT2D eigenvalue weighted by Gasteiger charge is 2.21. The van der Waals surface area contributed by atoms with Crippen LogP contribution in [-0.4, -0.2) is 47.8 Å². The number of nitrogens with zero attached hydrogens (tertiary/aromatic N) is 4. The third kappa shape index (κ3) is 2.31. The number of aromatic nitrogens is 2. The summed E-state index contributed by atoms with van der Waals surface area (Å²) in [5.74, 6) is 0.956. The van der Waals surface area contributed by atoms with Crippen molar-refractivity contribution in [2.75, 3.05) is 31.6 Å². The van der Waals surface area contributed by atoms with Crippen molar-refractivity contribution in [2.24, 2.45) is 5.73 Å². The van der Waals surface area contributed by atoms with Gasteiger partial charge in [-0.05, 0) is 26.1 Å². The van der Waals surface area contributed by atoms with E-state index < -0.39 is 0 Å². The summed E-state index contributed by atoms with van der Waals surface area (Å²) >= 11 is 0. The molecule has 1 atom stereocenters. The van der Waals surface area contributed by atoms with Gasteiger partial charge in [0, 0.05) is 32.2 Å². The monoisotopic (exact) mass is 221 g/mol. The van der Waals surface area contributed by atoms with Gasteiger partial charge >= 0.3 is 0 Å². The van der Waals surface area contributed by atoms with Crippen LogP contribution in [0.4, 0.5) is 5.82 Å². The van der Waals surface area contributed by atoms with E-state index in [2.05, 4.69) is 34.0 Å². The normalized spacial score (nSPS) is 22.4. The molecule has 0 saturated carbocycles. The van der Waals surface area contributed by atoms with Gasteiger partial charge in [0.15, 0.2) is 5.82 Å². The summed E-state index contributed by atoms with van der Waals surface area (Å²) in [5.41, 5.74) is 6.33. The molecule has 1 aliphatic rings. The van der Waals surface area contributed by atoms with Gasteiger partial charge in [-0.3, -0.25) is 0 Å². The van der Waals surface area contributed by atoms with Crippen molar-refractivity contribution in [3.05, 3.63) is 17.8 Å². The molecule has 1 unspecified atom stereocenters. The van der Waals surface area contributed by atoms with Gasteiger partial charge in [-0.15, -0.1) is 5.10 Å². The van der Waals surface area contributed by atoms with Gasteiger partial charge in [0.2, 0.25) is 0 Å². The van der Waals surface area contributed by atoms with Gasteiger partial charge in [-0.25, -0.2) is 0 Å². The molecule has 88 valence electrons. The van der Waals surface area contributed by atoms with Crippen LogP contribution in [0.1, 0.15) is 12.6 Å². The Kier molecular flexibility index (Phi) is 3.36. The molecule has 2 N–H and O–H groups in total. The standard InChI is InChI=1S/C11H19N5/c1-9-8-16(6-5-15(9)2)11-4-3-10(7-12)13-14-11/h3-4,9H,5-8,12H2,1-2H3. The van der Waals surface area contributed by atoms with Crippen molar-refractivity contribution in [3.8, 4) is 0 Å². The molecule has 0 radical (unpaired) electrons. The molecule has 0 aromatic carbocycles. The predicted molar refractivity (Wildman–Crippen MR) is 64.2 cm³/mol. The molecule has 2 heterocycles. The van der Waals surface area contributed by atoms with E-state index in [9.17, 15) is 0 Å². The van der Waals surface area contributed by atoms with Gasteiger partial charge in [-0.2, -0.15) is 5.10 Å². The quantitative estimate of drug-likeness (QED) is 0.766. The number of hydrogen-bond donors (Lipinski definition) is 1. The SMILES string of the molecule is CC1CN(c2ccc(CN)nn2)CCN1C. The highest BCUT2D eigenvalue weighted by Crippen LogP contribution is 2.15. The number of likely N-dealkylation sites (N-methyl/N-ethyl adjacent to an activating group) is 1. The Hall–Kier alpha value is -1.20. The molecule has 1 aromatic heterocycles. The fourth-order valence-electron chi connectivity index (χ4n) is 1.89. The van der Waals surface area contributed by atoms with Crippen molar-refractivity contribution < 1.29 is 0 Å². The Morgan fingerprint density at radius 2 is 2.19 bits per heavy atom. The molecule has 0 aliphatic carbocycles. The molecule has 16 heavy (non-hydrogen) atoms. The average molecular weight is 221 g/mol. The van der Waals surface area contributed by atoms with E-state index in [-0.39, 0.29) is 0 Å². The molecule has 5 heteroatoms. The predicted octanol–water partition coefficient (Wildman–Crippen LogP) is 0.0756. The van der Waals surface area contributed by atoms with Crippen molar-refractivity contribution in [1.29, 1.82) is 0 Å². The van der Waals surface area contributed by atoms with Crippen molar-refractivity contribution in [2.45, 2.75) is 19.5 Å². The largest absolute Gasteiger partial charge is 0.352 e. The van der Waals surface area contributed by atoms with Crippen LogP contribution in [0.2, 0.25) is 0 Å².